The Morgan fingerprint density at radius 2 is 1.04 bits per heavy atom. The smallest absolute Gasteiger partial charge is 0.472 e. The molecule has 0 aliphatic carbocycles. The van der Waals surface area contributed by atoms with E-state index in [9.17, 15) is 14.3 Å². The van der Waals surface area contributed by atoms with Crippen molar-refractivity contribution in [2.24, 2.45) is 5.73 Å². The number of unbranched alkanes of at least 4 members (excludes halogenated alkanes) is 24. The van der Waals surface area contributed by atoms with Crippen LogP contribution in [0.3, 0.4) is 0 Å². The summed E-state index contributed by atoms with van der Waals surface area (Å²) in [7, 11) is -4.30. The van der Waals surface area contributed by atoms with Crippen LogP contribution in [0.2, 0.25) is 0 Å². The Labute approximate surface area is 320 Å². The van der Waals surface area contributed by atoms with Crippen molar-refractivity contribution in [2.45, 2.75) is 206 Å². The number of rotatable bonds is 41. The molecule has 0 aromatic heterocycles. The number of hydrogen-bond acceptors (Lipinski definition) is 7. The molecule has 0 heterocycles. The van der Waals surface area contributed by atoms with Crippen molar-refractivity contribution in [3.05, 3.63) is 36.6 Å². The van der Waals surface area contributed by atoms with Crippen molar-refractivity contribution in [3.63, 3.8) is 0 Å². The van der Waals surface area contributed by atoms with Gasteiger partial charge in [0.05, 0.1) is 19.5 Å². The van der Waals surface area contributed by atoms with E-state index in [1.54, 1.807) is 6.26 Å². The molecule has 52 heavy (non-hydrogen) atoms. The Kier molecular flexibility index (Phi) is 39.6. The van der Waals surface area contributed by atoms with E-state index in [1.165, 1.54) is 135 Å². The lowest BCUT2D eigenvalue weighted by molar-refractivity contribution is -0.153. The minimum Gasteiger partial charge on any atom is -0.498 e. The molecule has 9 heteroatoms. The minimum atomic E-state index is -4.30. The Bertz CT molecular complexity index is 895. The van der Waals surface area contributed by atoms with E-state index in [2.05, 4.69) is 38.2 Å². The van der Waals surface area contributed by atoms with Crippen LogP contribution in [0.25, 0.3) is 0 Å². The fourth-order valence-electron chi connectivity index (χ4n) is 5.93. The zero-order valence-electron chi connectivity index (χ0n) is 33.8. The summed E-state index contributed by atoms with van der Waals surface area (Å²) >= 11 is 0. The number of ether oxygens (including phenoxy) is 2. The second kappa shape index (κ2) is 40.7. The molecular weight excluding hydrogens is 673 g/mol. The summed E-state index contributed by atoms with van der Waals surface area (Å²) in [6.45, 7) is 4.21. The van der Waals surface area contributed by atoms with E-state index >= 15 is 0 Å². The van der Waals surface area contributed by atoms with Crippen LogP contribution in [0.1, 0.15) is 200 Å². The number of carbonyl (C=O) groups is 1. The maximum Gasteiger partial charge on any atom is 0.472 e. The quantitative estimate of drug-likeness (QED) is 0.0208. The molecule has 0 fully saturated rings. The van der Waals surface area contributed by atoms with Crippen molar-refractivity contribution in [2.75, 3.05) is 26.4 Å². The van der Waals surface area contributed by atoms with Gasteiger partial charge in [-0.15, -0.1) is 0 Å². The lowest BCUT2D eigenvalue weighted by Gasteiger charge is -2.19. The lowest BCUT2D eigenvalue weighted by Crippen LogP contribution is -2.27. The van der Waals surface area contributed by atoms with Gasteiger partial charge < -0.3 is 20.1 Å². The van der Waals surface area contributed by atoms with Gasteiger partial charge in [0.1, 0.15) is 6.61 Å². The molecule has 0 spiro atoms. The Morgan fingerprint density at radius 3 is 1.52 bits per heavy atom. The monoisotopic (exact) mass is 756 g/mol. The van der Waals surface area contributed by atoms with Crippen LogP contribution in [0, 0.1) is 0 Å². The third-order valence-electron chi connectivity index (χ3n) is 9.12. The van der Waals surface area contributed by atoms with Gasteiger partial charge in [0.15, 0.2) is 6.10 Å². The highest BCUT2D eigenvalue weighted by atomic mass is 31.2. The Balaban J connectivity index is 4.11. The molecule has 0 aliphatic rings. The maximum absolute atomic E-state index is 12.5. The van der Waals surface area contributed by atoms with Crippen molar-refractivity contribution >= 4 is 13.8 Å². The summed E-state index contributed by atoms with van der Waals surface area (Å²) in [5, 5.41) is 0. The summed E-state index contributed by atoms with van der Waals surface area (Å²) in [6, 6.07) is 0. The highest BCUT2D eigenvalue weighted by Crippen LogP contribution is 2.43. The summed E-state index contributed by atoms with van der Waals surface area (Å²) < 4.78 is 33.1. The molecule has 2 atom stereocenters. The number of phosphoric acid groups is 1. The molecule has 0 rings (SSSR count). The first kappa shape index (κ1) is 50.6. The largest absolute Gasteiger partial charge is 0.498 e. The average Bonchev–Trinajstić information content (AvgIpc) is 3.13. The maximum atomic E-state index is 12.5. The molecule has 0 aromatic carbocycles. The zero-order valence-corrected chi connectivity index (χ0v) is 34.7. The molecule has 0 saturated heterocycles. The molecule has 306 valence electrons. The normalized spacial score (nSPS) is 13.8. The van der Waals surface area contributed by atoms with Crippen LogP contribution in [0.15, 0.2) is 36.6 Å². The lowest BCUT2D eigenvalue weighted by atomic mass is 10.0. The van der Waals surface area contributed by atoms with Gasteiger partial charge in [0.25, 0.3) is 0 Å². The van der Waals surface area contributed by atoms with Crippen LogP contribution in [0.5, 0.6) is 0 Å². The highest BCUT2D eigenvalue weighted by molar-refractivity contribution is 7.47. The SMILES string of the molecule is CCCCCCCC/C=C/C/C=C/CCCCC(=O)O[C@H](CO/C=C/CCCCCCCCCCCCCCCCCC)COP(=O)(O)OCCN. The molecule has 0 bridgehead atoms. The van der Waals surface area contributed by atoms with Crippen LogP contribution < -0.4 is 5.73 Å². The van der Waals surface area contributed by atoms with E-state index in [0.717, 1.165) is 38.5 Å². The van der Waals surface area contributed by atoms with Crippen molar-refractivity contribution < 1.29 is 32.8 Å². The van der Waals surface area contributed by atoms with Gasteiger partial charge >= 0.3 is 13.8 Å². The number of carbonyl (C=O) groups excluding carboxylic acids is 1. The van der Waals surface area contributed by atoms with Gasteiger partial charge in [0, 0.05) is 13.0 Å². The fraction of sp³-hybridized carbons (Fsp3) is 0.837. The molecule has 0 aromatic rings. The second-order valence-electron chi connectivity index (χ2n) is 14.3. The van der Waals surface area contributed by atoms with E-state index < -0.39 is 13.9 Å². The minimum absolute atomic E-state index is 0.0210. The predicted molar refractivity (Wildman–Crippen MR) is 219 cm³/mol. The fourth-order valence-corrected chi connectivity index (χ4v) is 6.70. The highest BCUT2D eigenvalue weighted by Gasteiger charge is 2.25. The Hall–Kier alpha value is -1.44. The standard InChI is InChI=1S/C43H82NO7P/c1-3-5-7-9-11-13-15-17-19-20-21-23-25-27-29-31-33-35-38-48-40-42(41-50-52(46,47)49-39-37-44)51-43(45)36-34-32-30-28-26-24-22-18-16-14-12-10-8-6-4-2/h18,22,26,28,35,38,42H,3-17,19-21,23-25,27,29-34,36-37,39-41,44H2,1-2H3,(H,46,47)/b22-18+,28-26+,38-35+/t42-/m1/s1. The summed E-state index contributed by atoms with van der Waals surface area (Å²) in [5.74, 6) is -0.383. The third kappa shape index (κ3) is 39.8. The number of phosphoric ester groups is 1. The second-order valence-corrected chi connectivity index (χ2v) is 15.7. The van der Waals surface area contributed by atoms with Gasteiger partial charge in [0.2, 0.25) is 0 Å². The van der Waals surface area contributed by atoms with Gasteiger partial charge in [-0.3, -0.25) is 13.8 Å². The van der Waals surface area contributed by atoms with Crippen LogP contribution in [-0.4, -0.2) is 43.3 Å². The van der Waals surface area contributed by atoms with Crippen molar-refractivity contribution in [1.29, 1.82) is 0 Å². The molecule has 3 N–H and O–H groups in total. The van der Waals surface area contributed by atoms with Crippen LogP contribution in [0.4, 0.5) is 0 Å². The van der Waals surface area contributed by atoms with Gasteiger partial charge in [-0.2, -0.15) is 0 Å². The molecule has 0 saturated carbocycles. The molecule has 0 amide bonds. The van der Waals surface area contributed by atoms with Crippen molar-refractivity contribution in [3.8, 4) is 0 Å². The molecule has 8 nitrogen and oxygen atoms in total. The Morgan fingerprint density at radius 1 is 0.596 bits per heavy atom. The first-order chi connectivity index (χ1) is 25.4. The van der Waals surface area contributed by atoms with Crippen LogP contribution >= 0.6 is 7.82 Å². The molecule has 0 radical (unpaired) electrons. The van der Waals surface area contributed by atoms with Crippen LogP contribution in [-0.2, 0) is 27.9 Å². The third-order valence-corrected chi connectivity index (χ3v) is 10.1. The van der Waals surface area contributed by atoms with E-state index in [4.69, 9.17) is 24.3 Å². The predicted octanol–water partition coefficient (Wildman–Crippen LogP) is 13.0. The summed E-state index contributed by atoms with van der Waals surface area (Å²) in [4.78, 5) is 22.4. The molecular formula is C43H82NO7P. The topological polar surface area (TPSA) is 117 Å². The summed E-state index contributed by atoms with van der Waals surface area (Å²) in [6.07, 6.45) is 46.9. The number of esters is 1. The first-order valence-corrected chi connectivity index (χ1v) is 23.0. The number of nitrogens with two attached hydrogens (primary N) is 1. The average molecular weight is 756 g/mol. The van der Waals surface area contributed by atoms with E-state index in [0.29, 0.717) is 6.42 Å². The van der Waals surface area contributed by atoms with E-state index in [1.807, 2.05) is 6.08 Å². The molecule has 0 aliphatic heterocycles. The van der Waals surface area contributed by atoms with Gasteiger partial charge in [-0.05, 0) is 57.4 Å². The van der Waals surface area contributed by atoms with Crippen molar-refractivity contribution in [1.82, 2.24) is 0 Å². The van der Waals surface area contributed by atoms with Gasteiger partial charge in [-0.25, -0.2) is 4.57 Å². The first-order valence-electron chi connectivity index (χ1n) is 21.5. The summed E-state index contributed by atoms with van der Waals surface area (Å²) in [5.41, 5.74) is 5.36. The molecule has 1 unspecified atom stereocenters. The van der Waals surface area contributed by atoms with Gasteiger partial charge in [-0.1, -0.05) is 167 Å². The number of allylic oxidation sites excluding steroid dienone is 5. The number of hydrogen-bond donors (Lipinski definition) is 2. The van der Waals surface area contributed by atoms with E-state index in [-0.39, 0.29) is 38.8 Å². The zero-order chi connectivity index (χ0) is 38.1.